The summed E-state index contributed by atoms with van der Waals surface area (Å²) >= 11 is 0. The highest BCUT2D eigenvalue weighted by Crippen LogP contribution is 2.30. The van der Waals surface area contributed by atoms with Gasteiger partial charge in [-0.25, -0.2) is 0 Å². The average Bonchev–Trinajstić information content (AvgIpc) is 2.74. The lowest BCUT2D eigenvalue weighted by Crippen LogP contribution is -1.94. The molecule has 0 N–H and O–H groups in total. The molecular weight excluding hydrogens is 192 g/mol. The molecule has 0 bridgehead atoms. The zero-order chi connectivity index (χ0) is 11.4. The van der Waals surface area contributed by atoms with Gasteiger partial charge < -0.3 is 0 Å². The Labute approximate surface area is 98.0 Å². The van der Waals surface area contributed by atoms with Crippen molar-refractivity contribution in [1.29, 1.82) is 0 Å². The van der Waals surface area contributed by atoms with Crippen LogP contribution in [-0.4, -0.2) is 0 Å². The normalized spacial score (nSPS) is 16.4. The van der Waals surface area contributed by atoms with Crippen LogP contribution in [-0.2, 0) is 6.42 Å². The molecule has 1 aromatic rings. The summed E-state index contributed by atoms with van der Waals surface area (Å²) in [5.74, 6) is 0. The summed E-state index contributed by atoms with van der Waals surface area (Å²) < 4.78 is 0. The summed E-state index contributed by atoms with van der Waals surface area (Å²) in [6, 6.07) is 10.6. The first-order valence-electron chi connectivity index (χ1n) is 5.89. The van der Waals surface area contributed by atoms with Crippen LogP contribution >= 0.6 is 0 Å². The van der Waals surface area contributed by atoms with Crippen molar-refractivity contribution in [3.63, 3.8) is 0 Å². The fraction of sp³-hybridized carbons (Fsp3) is 0.250. The van der Waals surface area contributed by atoms with Gasteiger partial charge in [0, 0.05) is 0 Å². The van der Waals surface area contributed by atoms with Crippen LogP contribution < -0.4 is 0 Å². The van der Waals surface area contributed by atoms with E-state index < -0.39 is 0 Å². The van der Waals surface area contributed by atoms with Crippen molar-refractivity contribution in [3.05, 3.63) is 71.3 Å². The molecule has 0 fully saturated rings. The number of benzene rings is 1. The van der Waals surface area contributed by atoms with Crippen LogP contribution in [0.3, 0.4) is 0 Å². The summed E-state index contributed by atoms with van der Waals surface area (Å²) in [6.45, 7) is 6.25. The minimum atomic E-state index is 1.02. The van der Waals surface area contributed by atoms with Crippen molar-refractivity contribution in [2.45, 2.75) is 26.2 Å². The highest BCUT2D eigenvalue weighted by molar-refractivity contribution is 5.50. The highest BCUT2D eigenvalue weighted by Gasteiger charge is 2.13. The van der Waals surface area contributed by atoms with Crippen molar-refractivity contribution < 1.29 is 0 Å². The maximum absolute atomic E-state index is 4.14. The summed E-state index contributed by atoms with van der Waals surface area (Å²) in [5.41, 5.74) is 5.46. The Morgan fingerprint density at radius 3 is 2.62 bits per heavy atom. The van der Waals surface area contributed by atoms with Crippen molar-refractivity contribution >= 4 is 0 Å². The standard InChI is InChI=1S/C16H18/c1-3-15(16-11-7-8-13(16)2)12-14-9-5-4-6-10-14/h3-6,9-11H,2,7-8,12H2,1H3/b15-3+. The first-order valence-corrected chi connectivity index (χ1v) is 5.89. The van der Waals surface area contributed by atoms with E-state index in [4.69, 9.17) is 0 Å². The summed E-state index contributed by atoms with van der Waals surface area (Å²) in [4.78, 5) is 0. The molecule has 2 rings (SSSR count). The van der Waals surface area contributed by atoms with Crippen molar-refractivity contribution in [2.75, 3.05) is 0 Å². The van der Waals surface area contributed by atoms with E-state index in [1.807, 2.05) is 0 Å². The van der Waals surface area contributed by atoms with E-state index in [9.17, 15) is 0 Å². The van der Waals surface area contributed by atoms with Crippen LogP contribution in [0, 0.1) is 0 Å². The minimum Gasteiger partial charge on any atom is -0.0952 e. The van der Waals surface area contributed by atoms with Gasteiger partial charge in [-0.2, -0.15) is 0 Å². The van der Waals surface area contributed by atoms with Gasteiger partial charge >= 0.3 is 0 Å². The molecular formula is C16H18. The van der Waals surface area contributed by atoms with Gasteiger partial charge in [0.05, 0.1) is 0 Å². The zero-order valence-electron chi connectivity index (χ0n) is 9.87. The van der Waals surface area contributed by atoms with E-state index in [1.54, 1.807) is 0 Å². The second-order valence-corrected chi connectivity index (χ2v) is 4.24. The second-order valence-electron chi connectivity index (χ2n) is 4.24. The predicted molar refractivity (Wildman–Crippen MR) is 70.4 cm³/mol. The van der Waals surface area contributed by atoms with Gasteiger partial charge in [-0.15, -0.1) is 0 Å². The van der Waals surface area contributed by atoms with Crippen LogP contribution in [0.5, 0.6) is 0 Å². The minimum absolute atomic E-state index is 1.02. The Bertz CT molecular complexity index is 432. The third-order valence-corrected chi connectivity index (χ3v) is 3.11. The Morgan fingerprint density at radius 2 is 2.06 bits per heavy atom. The third kappa shape index (κ3) is 2.33. The van der Waals surface area contributed by atoms with E-state index >= 15 is 0 Å². The van der Waals surface area contributed by atoms with E-state index in [0.29, 0.717) is 0 Å². The summed E-state index contributed by atoms with van der Waals surface area (Å²) in [7, 11) is 0. The molecule has 82 valence electrons. The molecule has 0 unspecified atom stereocenters. The van der Waals surface area contributed by atoms with Gasteiger partial charge in [-0.3, -0.25) is 0 Å². The molecule has 0 radical (unpaired) electrons. The monoisotopic (exact) mass is 210 g/mol. The molecule has 0 atom stereocenters. The van der Waals surface area contributed by atoms with Gasteiger partial charge in [-0.1, -0.05) is 49.1 Å². The van der Waals surface area contributed by atoms with E-state index in [1.165, 1.54) is 22.3 Å². The number of allylic oxidation sites excluding steroid dienone is 5. The molecule has 0 heterocycles. The largest absolute Gasteiger partial charge is 0.0952 e. The molecule has 0 heteroatoms. The summed E-state index contributed by atoms with van der Waals surface area (Å²) in [6.07, 6.45) is 7.83. The van der Waals surface area contributed by atoms with Gasteiger partial charge in [0.2, 0.25) is 0 Å². The Morgan fingerprint density at radius 1 is 1.31 bits per heavy atom. The molecule has 16 heavy (non-hydrogen) atoms. The lowest BCUT2D eigenvalue weighted by molar-refractivity contribution is 1.06. The quantitative estimate of drug-likeness (QED) is 0.691. The number of rotatable bonds is 3. The van der Waals surface area contributed by atoms with Crippen molar-refractivity contribution in [2.24, 2.45) is 0 Å². The molecule has 0 amide bonds. The van der Waals surface area contributed by atoms with Gasteiger partial charge in [0.1, 0.15) is 0 Å². The lowest BCUT2D eigenvalue weighted by atomic mass is 9.95. The third-order valence-electron chi connectivity index (χ3n) is 3.11. The van der Waals surface area contributed by atoms with E-state index in [-0.39, 0.29) is 0 Å². The topological polar surface area (TPSA) is 0 Å². The number of hydrogen-bond donors (Lipinski definition) is 0. The molecule has 0 spiro atoms. The van der Waals surface area contributed by atoms with Crippen molar-refractivity contribution in [1.82, 2.24) is 0 Å². The van der Waals surface area contributed by atoms with Gasteiger partial charge in [-0.05, 0) is 48.5 Å². The van der Waals surface area contributed by atoms with E-state index in [0.717, 1.165) is 19.3 Å². The molecule has 0 nitrogen and oxygen atoms in total. The Hall–Kier alpha value is -1.56. The molecule has 1 aliphatic carbocycles. The molecule has 0 aliphatic heterocycles. The molecule has 1 aliphatic rings. The summed E-state index contributed by atoms with van der Waals surface area (Å²) in [5, 5.41) is 0. The van der Waals surface area contributed by atoms with E-state index in [2.05, 4.69) is 56.0 Å². The van der Waals surface area contributed by atoms with Crippen LogP contribution in [0.15, 0.2) is 65.8 Å². The lowest BCUT2D eigenvalue weighted by Gasteiger charge is -2.10. The average molecular weight is 210 g/mol. The maximum Gasteiger partial charge on any atom is -0.00231 e. The predicted octanol–water partition coefficient (Wildman–Crippen LogP) is 4.45. The fourth-order valence-corrected chi connectivity index (χ4v) is 2.20. The van der Waals surface area contributed by atoms with Crippen molar-refractivity contribution in [3.8, 4) is 0 Å². The maximum atomic E-state index is 4.14. The van der Waals surface area contributed by atoms with Crippen LogP contribution in [0.4, 0.5) is 0 Å². The molecule has 0 aromatic heterocycles. The van der Waals surface area contributed by atoms with Gasteiger partial charge in [0.25, 0.3) is 0 Å². The molecule has 0 saturated carbocycles. The fourth-order valence-electron chi connectivity index (χ4n) is 2.20. The number of hydrogen-bond acceptors (Lipinski definition) is 0. The zero-order valence-corrected chi connectivity index (χ0v) is 9.87. The molecule has 1 aromatic carbocycles. The first kappa shape index (κ1) is 10.9. The van der Waals surface area contributed by atoms with Gasteiger partial charge in [0.15, 0.2) is 0 Å². The Kier molecular flexibility index (Phi) is 3.40. The first-order chi connectivity index (χ1) is 7.81. The molecule has 0 saturated heterocycles. The highest BCUT2D eigenvalue weighted by atomic mass is 14.2. The van der Waals surface area contributed by atoms with Crippen LogP contribution in [0.2, 0.25) is 0 Å². The smallest absolute Gasteiger partial charge is 0.00231 e. The van der Waals surface area contributed by atoms with Crippen LogP contribution in [0.25, 0.3) is 0 Å². The SMILES string of the molecule is C=C1CCC=C1/C(=C/C)Cc1ccccc1. The Balaban J connectivity index is 2.17. The second kappa shape index (κ2) is 4.98. The van der Waals surface area contributed by atoms with Crippen LogP contribution in [0.1, 0.15) is 25.3 Å².